The second-order valence-electron chi connectivity index (χ2n) is 3.62. The molecule has 0 unspecified atom stereocenters. The number of aliphatic hydroxyl groups is 1. The molecule has 2 rings (SSSR count). The number of rotatable bonds is 4. The highest BCUT2D eigenvalue weighted by Crippen LogP contribution is 2.17. The zero-order valence-electron chi connectivity index (χ0n) is 8.66. The number of imidazole rings is 1. The topological polar surface area (TPSA) is 38.0 Å². The Kier molecular flexibility index (Phi) is 3.14. The monoisotopic (exact) mass is 226 g/mol. The van der Waals surface area contributed by atoms with E-state index in [4.69, 9.17) is 5.11 Å². The Morgan fingerprint density at radius 3 is 2.69 bits per heavy atom. The van der Waals surface area contributed by atoms with Crippen molar-refractivity contribution in [3.8, 4) is 0 Å². The fraction of sp³-hybridized carbons (Fsp3) is 0.364. The second-order valence-corrected chi connectivity index (χ2v) is 3.62. The summed E-state index contributed by atoms with van der Waals surface area (Å²) in [6.45, 7) is 0.776. The molecule has 0 bridgehead atoms. The van der Waals surface area contributed by atoms with Crippen LogP contribution in [0.2, 0.25) is 0 Å². The summed E-state index contributed by atoms with van der Waals surface area (Å²) in [6, 6.07) is 2.24. The van der Waals surface area contributed by atoms with Crippen LogP contribution in [0.15, 0.2) is 18.5 Å². The first-order valence-electron chi connectivity index (χ1n) is 5.13. The Bertz CT molecular complexity index is 496. The van der Waals surface area contributed by atoms with Gasteiger partial charge >= 0.3 is 0 Å². The van der Waals surface area contributed by atoms with Crippen molar-refractivity contribution in [2.24, 2.45) is 0 Å². The van der Waals surface area contributed by atoms with Crippen LogP contribution in [0.3, 0.4) is 0 Å². The van der Waals surface area contributed by atoms with Gasteiger partial charge in [-0.05, 0) is 12.8 Å². The number of aryl methyl sites for hydroxylation is 1. The molecular weight excluding hydrogens is 214 g/mol. The molecule has 2 aromatic rings. The van der Waals surface area contributed by atoms with Gasteiger partial charge < -0.3 is 9.67 Å². The third-order valence-corrected chi connectivity index (χ3v) is 2.47. The van der Waals surface area contributed by atoms with Crippen molar-refractivity contribution in [3.63, 3.8) is 0 Å². The van der Waals surface area contributed by atoms with Gasteiger partial charge in [-0.25, -0.2) is 13.8 Å². The van der Waals surface area contributed by atoms with Crippen LogP contribution in [0, 0.1) is 11.6 Å². The molecule has 0 atom stereocenters. The van der Waals surface area contributed by atoms with Crippen LogP contribution in [0.5, 0.6) is 0 Å². The minimum atomic E-state index is -0.881. The third-order valence-electron chi connectivity index (χ3n) is 2.47. The van der Waals surface area contributed by atoms with E-state index < -0.39 is 11.6 Å². The molecule has 86 valence electrons. The van der Waals surface area contributed by atoms with E-state index in [9.17, 15) is 8.78 Å². The van der Waals surface area contributed by atoms with E-state index in [0.717, 1.165) is 18.6 Å². The van der Waals surface area contributed by atoms with Crippen LogP contribution < -0.4 is 0 Å². The van der Waals surface area contributed by atoms with Gasteiger partial charge in [0, 0.05) is 25.3 Å². The van der Waals surface area contributed by atoms with Crippen molar-refractivity contribution >= 4 is 11.0 Å². The van der Waals surface area contributed by atoms with Gasteiger partial charge in [0.2, 0.25) is 0 Å². The van der Waals surface area contributed by atoms with Crippen LogP contribution in [-0.4, -0.2) is 21.3 Å². The Morgan fingerprint density at radius 1 is 1.19 bits per heavy atom. The van der Waals surface area contributed by atoms with Crippen molar-refractivity contribution < 1.29 is 13.9 Å². The molecule has 3 nitrogen and oxygen atoms in total. The normalized spacial score (nSPS) is 11.2. The first kappa shape index (κ1) is 11.0. The summed E-state index contributed by atoms with van der Waals surface area (Å²) in [5.74, 6) is -1.75. The van der Waals surface area contributed by atoms with E-state index in [1.165, 1.54) is 0 Å². The van der Waals surface area contributed by atoms with Gasteiger partial charge in [-0.3, -0.25) is 0 Å². The van der Waals surface area contributed by atoms with Gasteiger partial charge in [0.05, 0.1) is 17.4 Å². The molecule has 0 radical (unpaired) electrons. The lowest BCUT2D eigenvalue weighted by Gasteiger charge is -2.03. The maximum Gasteiger partial charge on any atom is 0.161 e. The number of halogens is 2. The molecule has 0 spiro atoms. The van der Waals surface area contributed by atoms with Gasteiger partial charge in [0.15, 0.2) is 11.6 Å². The predicted octanol–water partition coefficient (Wildman–Crippen LogP) is 2.09. The van der Waals surface area contributed by atoms with Crippen molar-refractivity contribution in [2.45, 2.75) is 19.4 Å². The van der Waals surface area contributed by atoms with Crippen LogP contribution >= 0.6 is 0 Å². The molecule has 0 aliphatic rings. The molecule has 1 aromatic carbocycles. The van der Waals surface area contributed by atoms with Gasteiger partial charge in [-0.15, -0.1) is 0 Å². The average molecular weight is 226 g/mol. The number of aliphatic hydroxyl groups excluding tert-OH is 1. The Morgan fingerprint density at radius 2 is 1.94 bits per heavy atom. The van der Waals surface area contributed by atoms with Gasteiger partial charge in [-0.2, -0.15) is 0 Å². The molecule has 0 saturated heterocycles. The largest absolute Gasteiger partial charge is 0.396 e. The van der Waals surface area contributed by atoms with Crippen molar-refractivity contribution in [3.05, 3.63) is 30.1 Å². The quantitative estimate of drug-likeness (QED) is 0.810. The second kappa shape index (κ2) is 4.57. The molecule has 5 heteroatoms. The Labute approximate surface area is 91.3 Å². The van der Waals surface area contributed by atoms with Gasteiger partial charge in [0.25, 0.3) is 0 Å². The molecule has 1 aromatic heterocycles. The number of fused-ring (bicyclic) bond motifs is 1. The number of benzene rings is 1. The SMILES string of the molecule is OCCCCn1cnc2cc(F)c(F)cc21. The van der Waals surface area contributed by atoms with E-state index in [0.29, 0.717) is 24.0 Å². The number of aromatic nitrogens is 2. The van der Waals surface area contributed by atoms with Gasteiger partial charge in [0.1, 0.15) is 0 Å². The predicted molar refractivity (Wildman–Crippen MR) is 56.0 cm³/mol. The van der Waals surface area contributed by atoms with Crippen LogP contribution in [0.25, 0.3) is 11.0 Å². The third kappa shape index (κ3) is 2.04. The number of hydrogen-bond acceptors (Lipinski definition) is 2. The van der Waals surface area contributed by atoms with E-state index in [1.54, 1.807) is 10.9 Å². The molecule has 0 aliphatic carbocycles. The first-order chi connectivity index (χ1) is 7.72. The zero-order valence-corrected chi connectivity index (χ0v) is 8.66. The molecular formula is C11H12F2N2O. The van der Waals surface area contributed by atoms with E-state index in [-0.39, 0.29) is 6.61 Å². The first-order valence-corrected chi connectivity index (χ1v) is 5.13. The smallest absolute Gasteiger partial charge is 0.161 e. The summed E-state index contributed by atoms with van der Waals surface area (Å²) in [4.78, 5) is 3.99. The molecule has 0 amide bonds. The molecule has 1 N–H and O–H groups in total. The highest BCUT2D eigenvalue weighted by atomic mass is 19.2. The average Bonchev–Trinajstić information content (AvgIpc) is 2.63. The summed E-state index contributed by atoms with van der Waals surface area (Å²) in [5, 5.41) is 8.65. The fourth-order valence-corrected chi connectivity index (χ4v) is 1.63. The molecule has 1 heterocycles. The van der Waals surface area contributed by atoms with Crippen LogP contribution in [0.4, 0.5) is 8.78 Å². The Balaban J connectivity index is 2.29. The van der Waals surface area contributed by atoms with Crippen molar-refractivity contribution in [1.82, 2.24) is 9.55 Å². The summed E-state index contributed by atoms with van der Waals surface area (Å²) >= 11 is 0. The maximum atomic E-state index is 13.0. The molecule has 0 aliphatic heterocycles. The highest BCUT2D eigenvalue weighted by Gasteiger charge is 2.08. The Hall–Kier alpha value is -1.49. The summed E-state index contributed by atoms with van der Waals surface area (Å²) in [7, 11) is 0. The fourth-order valence-electron chi connectivity index (χ4n) is 1.63. The lowest BCUT2D eigenvalue weighted by molar-refractivity contribution is 0.281. The number of unbranched alkanes of at least 4 members (excludes halogenated alkanes) is 1. The standard InChI is InChI=1S/C11H12F2N2O/c12-8-5-10-11(6-9(8)13)15(7-14-10)3-1-2-4-16/h5-7,16H,1-4H2. The molecule has 0 saturated carbocycles. The van der Waals surface area contributed by atoms with E-state index in [2.05, 4.69) is 4.98 Å². The van der Waals surface area contributed by atoms with Crippen LogP contribution in [0.1, 0.15) is 12.8 Å². The maximum absolute atomic E-state index is 13.0. The van der Waals surface area contributed by atoms with Crippen molar-refractivity contribution in [1.29, 1.82) is 0 Å². The van der Waals surface area contributed by atoms with Crippen LogP contribution in [-0.2, 0) is 6.54 Å². The minimum Gasteiger partial charge on any atom is -0.396 e. The highest BCUT2D eigenvalue weighted by molar-refractivity contribution is 5.75. The summed E-state index contributed by atoms with van der Waals surface area (Å²) < 4.78 is 27.7. The lowest BCUT2D eigenvalue weighted by atomic mass is 10.2. The van der Waals surface area contributed by atoms with Gasteiger partial charge in [-0.1, -0.05) is 0 Å². The number of nitrogens with zero attached hydrogens (tertiary/aromatic N) is 2. The van der Waals surface area contributed by atoms with E-state index in [1.807, 2.05) is 0 Å². The summed E-state index contributed by atoms with van der Waals surface area (Å²) in [6.07, 6.45) is 3.02. The minimum absolute atomic E-state index is 0.135. The molecule has 0 fully saturated rings. The number of hydrogen-bond donors (Lipinski definition) is 1. The summed E-state index contributed by atoms with van der Waals surface area (Å²) in [5.41, 5.74) is 1.03. The van der Waals surface area contributed by atoms with E-state index >= 15 is 0 Å². The lowest BCUT2D eigenvalue weighted by Crippen LogP contribution is -1.98. The van der Waals surface area contributed by atoms with Crippen molar-refractivity contribution in [2.75, 3.05) is 6.61 Å². The molecule has 16 heavy (non-hydrogen) atoms. The zero-order chi connectivity index (χ0) is 11.5.